The van der Waals surface area contributed by atoms with Crippen molar-refractivity contribution in [1.29, 1.82) is 0 Å². The minimum atomic E-state index is -5.06. The van der Waals surface area contributed by atoms with Crippen molar-refractivity contribution in [1.82, 2.24) is 4.98 Å². The number of aromatic nitrogens is 1. The molecule has 0 N–H and O–H groups in total. The molecule has 1 rings (SSSR count). The van der Waals surface area contributed by atoms with Crippen LogP contribution in [0.15, 0.2) is 12.3 Å². The van der Waals surface area contributed by atoms with E-state index in [4.69, 9.17) is 0 Å². The third kappa shape index (κ3) is 3.07. The molecule has 0 saturated carbocycles. The Morgan fingerprint density at radius 3 is 2.56 bits per heavy atom. The molecule has 0 aliphatic heterocycles. The average Bonchev–Trinajstić information content (AvgIpc) is 2.18. The third-order valence-corrected chi connectivity index (χ3v) is 1.45. The van der Waals surface area contributed by atoms with Crippen LogP contribution in [0.5, 0.6) is 5.75 Å². The molecular weight excluding hydrogens is 234 g/mol. The Bertz CT molecular complexity index is 405. The highest BCUT2D eigenvalue weighted by atomic mass is 19.4. The second kappa shape index (κ2) is 4.33. The van der Waals surface area contributed by atoms with E-state index in [0.717, 1.165) is 13.3 Å². The molecule has 88 valence electrons. The monoisotopic (exact) mass is 239 g/mol. The summed E-state index contributed by atoms with van der Waals surface area (Å²) in [5, 5.41) is 0. The first-order chi connectivity index (χ1) is 7.33. The number of hydrogen-bond donors (Lipinski definition) is 0. The molecule has 16 heavy (non-hydrogen) atoms. The van der Waals surface area contributed by atoms with E-state index in [1.165, 1.54) is 0 Å². The predicted octanol–water partition coefficient (Wildman–Crippen LogP) is 1.91. The molecule has 0 bridgehead atoms. The zero-order chi connectivity index (χ0) is 12.3. The number of halogens is 4. The lowest BCUT2D eigenvalue weighted by atomic mass is 10.3. The lowest BCUT2D eigenvalue weighted by Crippen LogP contribution is -2.18. The van der Waals surface area contributed by atoms with Crippen LogP contribution in [0.2, 0.25) is 0 Å². The number of hydrogen-bond acceptors (Lipinski definition) is 4. The highest BCUT2D eigenvalue weighted by Crippen LogP contribution is 2.25. The van der Waals surface area contributed by atoms with Crippen LogP contribution in [0.3, 0.4) is 0 Å². The molecule has 8 heteroatoms. The summed E-state index contributed by atoms with van der Waals surface area (Å²) in [6.45, 7) is 0. The van der Waals surface area contributed by atoms with E-state index in [0.29, 0.717) is 6.07 Å². The molecule has 0 saturated heterocycles. The van der Waals surface area contributed by atoms with Crippen LogP contribution < -0.4 is 4.74 Å². The minimum Gasteiger partial charge on any atom is -0.465 e. The number of carbonyl (C=O) groups excluding carboxylic acids is 1. The van der Waals surface area contributed by atoms with Crippen molar-refractivity contribution in [3.63, 3.8) is 0 Å². The molecule has 0 radical (unpaired) electrons. The van der Waals surface area contributed by atoms with Crippen LogP contribution in [0.25, 0.3) is 0 Å². The van der Waals surface area contributed by atoms with Gasteiger partial charge >= 0.3 is 12.3 Å². The molecule has 0 unspecified atom stereocenters. The van der Waals surface area contributed by atoms with Gasteiger partial charge in [-0.15, -0.1) is 13.2 Å². The van der Waals surface area contributed by atoms with Crippen LogP contribution in [0, 0.1) is 5.95 Å². The van der Waals surface area contributed by atoms with E-state index in [2.05, 4.69) is 14.5 Å². The summed E-state index contributed by atoms with van der Waals surface area (Å²) in [5.74, 6) is -3.60. The smallest absolute Gasteiger partial charge is 0.465 e. The third-order valence-electron chi connectivity index (χ3n) is 1.45. The van der Waals surface area contributed by atoms with Crippen LogP contribution >= 0.6 is 0 Å². The molecular formula is C8H5F4NO3. The summed E-state index contributed by atoms with van der Waals surface area (Å²) in [7, 11) is 1.02. The molecule has 0 atom stereocenters. The summed E-state index contributed by atoms with van der Waals surface area (Å²) in [6, 6.07) is 0.557. The number of ether oxygens (including phenoxy) is 2. The second-order valence-electron chi connectivity index (χ2n) is 2.55. The van der Waals surface area contributed by atoms with Crippen molar-refractivity contribution in [3.05, 3.63) is 23.8 Å². The van der Waals surface area contributed by atoms with Crippen molar-refractivity contribution in [2.24, 2.45) is 0 Å². The molecule has 0 fully saturated rings. The van der Waals surface area contributed by atoms with Gasteiger partial charge in [0, 0.05) is 12.3 Å². The van der Waals surface area contributed by atoms with Gasteiger partial charge in [-0.1, -0.05) is 0 Å². The Hall–Kier alpha value is -1.86. The number of rotatable bonds is 2. The maximum Gasteiger partial charge on any atom is 0.573 e. The van der Waals surface area contributed by atoms with Gasteiger partial charge in [-0.2, -0.15) is 4.39 Å². The van der Waals surface area contributed by atoms with Crippen molar-refractivity contribution in [2.75, 3.05) is 7.11 Å². The maximum absolute atomic E-state index is 12.8. The Morgan fingerprint density at radius 1 is 1.44 bits per heavy atom. The van der Waals surface area contributed by atoms with E-state index >= 15 is 0 Å². The van der Waals surface area contributed by atoms with E-state index in [9.17, 15) is 22.4 Å². The van der Waals surface area contributed by atoms with Gasteiger partial charge in [-0.25, -0.2) is 9.78 Å². The van der Waals surface area contributed by atoms with Crippen molar-refractivity contribution in [2.45, 2.75) is 6.36 Å². The van der Waals surface area contributed by atoms with Gasteiger partial charge in [0.2, 0.25) is 0 Å². The lowest BCUT2D eigenvalue weighted by Gasteiger charge is -2.09. The number of nitrogens with zero attached hydrogens (tertiary/aromatic N) is 1. The molecule has 0 spiro atoms. The van der Waals surface area contributed by atoms with Gasteiger partial charge in [-0.05, 0) is 0 Å². The minimum absolute atomic E-state index is 0.344. The largest absolute Gasteiger partial charge is 0.573 e. The van der Waals surface area contributed by atoms with Crippen LogP contribution in [-0.2, 0) is 4.74 Å². The summed E-state index contributed by atoms with van der Waals surface area (Å²) in [6.07, 6.45) is -4.32. The Kier molecular flexibility index (Phi) is 3.31. The normalized spacial score (nSPS) is 11.1. The Morgan fingerprint density at radius 2 is 2.06 bits per heavy atom. The summed E-state index contributed by atoms with van der Waals surface area (Å²) < 4.78 is 55.7. The first-order valence-corrected chi connectivity index (χ1v) is 3.83. The molecule has 1 aromatic heterocycles. The SMILES string of the molecule is COC(=O)c1cnc(F)c(OC(F)(F)F)c1. The highest BCUT2D eigenvalue weighted by Gasteiger charge is 2.33. The molecule has 4 nitrogen and oxygen atoms in total. The quantitative estimate of drug-likeness (QED) is 0.449. The highest BCUT2D eigenvalue weighted by molar-refractivity contribution is 5.89. The summed E-state index contributed by atoms with van der Waals surface area (Å²) >= 11 is 0. The molecule has 1 aromatic rings. The Labute approximate surface area is 86.8 Å². The number of alkyl halides is 3. The standard InChI is InChI=1S/C8H5F4NO3/c1-15-7(14)4-2-5(6(9)13-3-4)16-8(10,11)12/h2-3H,1H3. The van der Waals surface area contributed by atoms with Crippen LogP contribution in [0.1, 0.15) is 10.4 Å². The zero-order valence-electron chi connectivity index (χ0n) is 7.84. The molecule has 0 aromatic carbocycles. The Balaban J connectivity index is 3.04. The van der Waals surface area contributed by atoms with E-state index in [1.807, 2.05) is 0 Å². The van der Waals surface area contributed by atoms with E-state index in [1.54, 1.807) is 0 Å². The topological polar surface area (TPSA) is 48.4 Å². The van der Waals surface area contributed by atoms with E-state index in [-0.39, 0.29) is 5.56 Å². The average molecular weight is 239 g/mol. The predicted molar refractivity (Wildman–Crippen MR) is 42.2 cm³/mol. The maximum atomic E-state index is 12.8. The van der Waals surface area contributed by atoms with Crippen LogP contribution in [0.4, 0.5) is 17.6 Å². The fraction of sp³-hybridized carbons (Fsp3) is 0.250. The van der Waals surface area contributed by atoms with Gasteiger partial charge in [0.15, 0.2) is 5.75 Å². The van der Waals surface area contributed by atoms with Gasteiger partial charge in [0.1, 0.15) is 0 Å². The van der Waals surface area contributed by atoms with Crippen molar-refractivity contribution < 1.29 is 31.8 Å². The van der Waals surface area contributed by atoms with E-state index < -0.39 is 24.0 Å². The first-order valence-electron chi connectivity index (χ1n) is 3.83. The van der Waals surface area contributed by atoms with Gasteiger partial charge < -0.3 is 9.47 Å². The number of esters is 1. The zero-order valence-corrected chi connectivity index (χ0v) is 7.84. The number of carbonyl (C=O) groups is 1. The summed E-state index contributed by atoms with van der Waals surface area (Å²) in [4.78, 5) is 13.9. The number of methoxy groups -OCH3 is 1. The number of pyridine rings is 1. The first kappa shape index (κ1) is 12.2. The molecule has 0 aliphatic carbocycles. The fourth-order valence-electron chi connectivity index (χ4n) is 0.854. The van der Waals surface area contributed by atoms with Crippen LogP contribution in [-0.4, -0.2) is 24.4 Å². The molecule has 1 heterocycles. The second-order valence-corrected chi connectivity index (χ2v) is 2.55. The molecule has 0 amide bonds. The van der Waals surface area contributed by atoms with Gasteiger partial charge in [-0.3, -0.25) is 0 Å². The van der Waals surface area contributed by atoms with Gasteiger partial charge in [0.05, 0.1) is 12.7 Å². The van der Waals surface area contributed by atoms with Gasteiger partial charge in [0.25, 0.3) is 5.95 Å². The van der Waals surface area contributed by atoms with Crippen molar-refractivity contribution in [3.8, 4) is 5.75 Å². The lowest BCUT2D eigenvalue weighted by molar-refractivity contribution is -0.275. The summed E-state index contributed by atoms with van der Waals surface area (Å²) in [5.41, 5.74) is -0.344. The van der Waals surface area contributed by atoms with Crippen molar-refractivity contribution >= 4 is 5.97 Å². The molecule has 0 aliphatic rings. The fourth-order valence-corrected chi connectivity index (χ4v) is 0.854.